The van der Waals surface area contributed by atoms with Crippen LogP contribution < -0.4 is 0 Å². The highest BCUT2D eigenvalue weighted by Crippen LogP contribution is 2.48. The van der Waals surface area contributed by atoms with E-state index in [1.54, 1.807) is 0 Å². The molecule has 2 aromatic rings. The summed E-state index contributed by atoms with van der Waals surface area (Å²) in [5, 5.41) is 1.34. The van der Waals surface area contributed by atoms with Crippen molar-refractivity contribution in [3.63, 3.8) is 0 Å². The molecule has 0 atom stereocenters. The molecule has 0 bridgehead atoms. The van der Waals surface area contributed by atoms with Crippen LogP contribution in [0, 0.1) is 0 Å². The summed E-state index contributed by atoms with van der Waals surface area (Å²) in [5.74, 6) is 0. The normalized spacial score (nSPS) is 16.1. The van der Waals surface area contributed by atoms with Crippen molar-refractivity contribution in [3.8, 4) is 0 Å². The molecule has 0 saturated heterocycles. The van der Waals surface area contributed by atoms with E-state index in [1.807, 2.05) is 24.3 Å². The predicted octanol–water partition coefficient (Wildman–Crippen LogP) is 5.24. The third-order valence-electron chi connectivity index (χ3n) is 3.93. The SMILES string of the molecule is Clc1cccc(Cl)c1COCC1(c2ccccc2)CC1. The second-order valence-electron chi connectivity index (χ2n) is 5.34. The van der Waals surface area contributed by atoms with Crippen LogP contribution in [-0.4, -0.2) is 6.61 Å². The van der Waals surface area contributed by atoms with Gasteiger partial charge in [-0.3, -0.25) is 0 Å². The standard InChI is InChI=1S/C17H16Cl2O/c18-15-7-4-8-16(19)14(15)11-20-12-17(9-10-17)13-5-2-1-3-6-13/h1-8H,9-12H2. The van der Waals surface area contributed by atoms with Crippen molar-refractivity contribution in [2.24, 2.45) is 0 Å². The Morgan fingerprint density at radius 3 is 2.15 bits per heavy atom. The molecule has 1 aliphatic carbocycles. The molecule has 0 radical (unpaired) electrons. The van der Waals surface area contributed by atoms with Gasteiger partial charge < -0.3 is 4.74 Å². The third kappa shape index (κ3) is 2.85. The van der Waals surface area contributed by atoms with E-state index in [9.17, 15) is 0 Å². The van der Waals surface area contributed by atoms with Crippen molar-refractivity contribution in [2.75, 3.05) is 6.61 Å². The first kappa shape index (κ1) is 13.9. The second-order valence-corrected chi connectivity index (χ2v) is 6.15. The smallest absolute Gasteiger partial charge is 0.0746 e. The Balaban J connectivity index is 1.64. The number of benzene rings is 2. The van der Waals surface area contributed by atoms with Crippen LogP contribution in [0.25, 0.3) is 0 Å². The maximum atomic E-state index is 6.15. The van der Waals surface area contributed by atoms with Crippen molar-refractivity contribution >= 4 is 23.2 Å². The van der Waals surface area contributed by atoms with E-state index in [2.05, 4.69) is 24.3 Å². The fourth-order valence-electron chi connectivity index (χ4n) is 2.48. The average molecular weight is 307 g/mol. The molecule has 0 aromatic heterocycles. The Labute approximate surface area is 129 Å². The lowest BCUT2D eigenvalue weighted by atomic mass is 9.97. The lowest BCUT2D eigenvalue weighted by molar-refractivity contribution is 0.100. The number of rotatable bonds is 5. The molecular weight excluding hydrogens is 291 g/mol. The maximum Gasteiger partial charge on any atom is 0.0746 e. The minimum atomic E-state index is 0.203. The van der Waals surface area contributed by atoms with E-state index in [4.69, 9.17) is 27.9 Å². The van der Waals surface area contributed by atoms with Gasteiger partial charge in [-0.25, -0.2) is 0 Å². The first-order valence-electron chi connectivity index (χ1n) is 6.77. The van der Waals surface area contributed by atoms with Crippen molar-refractivity contribution < 1.29 is 4.74 Å². The lowest BCUT2D eigenvalue weighted by Crippen LogP contribution is -2.15. The summed E-state index contributed by atoms with van der Waals surface area (Å²) in [6, 6.07) is 16.1. The molecule has 2 aromatic carbocycles. The fraction of sp³-hybridized carbons (Fsp3) is 0.294. The Morgan fingerprint density at radius 2 is 1.55 bits per heavy atom. The molecule has 0 aliphatic heterocycles. The van der Waals surface area contributed by atoms with Crippen molar-refractivity contribution in [1.29, 1.82) is 0 Å². The summed E-state index contributed by atoms with van der Waals surface area (Å²) in [7, 11) is 0. The summed E-state index contributed by atoms with van der Waals surface area (Å²) in [6.45, 7) is 1.19. The fourth-order valence-corrected chi connectivity index (χ4v) is 2.98. The van der Waals surface area contributed by atoms with Gasteiger partial charge >= 0.3 is 0 Å². The van der Waals surface area contributed by atoms with Crippen LogP contribution in [0.15, 0.2) is 48.5 Å². The molecule has 0 spiro atoms. The Morgan fingerprint density at radius 1 is 0.900 bits per heavy atom. The Hall–Kier alpha value is -1.02. The lowest BCUT2D eigenvalue weighted by Gasteiger charge is -2.16. The molecule has 0 unspecified atom stereocenters. The van der Waals surface area contributed by atoms with E-state index < -0.39 is 0 Å². The van der Waals surface area contributed by atoms with Crippen molar-refractivity contribution in [3.05, 3.63) is 69.7 Å². The van der Waals surface area contributed by atoms with Gasteiger partial charge in [0.15, 0.2) is 0 Å². The van der Waals surface area contributed by atoms with Crippen LogP contribution >= 0.6 is 23.2 Å². The van der Waals surface area contributed by atoms with Crippen molar-refractivity contribution in [1.82, 2.24) is 0 Å². The minimum absolute atomic E-state index is 0.203. The van der Waals surface area contributed by atoms with Gasteiger partial charge in [-0.1, -0.05) is 59.6 Å². The Kier molecular flexibility index (Phi) is 4.02. The third-order valence-corrected chi connectivity index (χ3v) is 4.63. The molecule has 1 aliphatic rings. The van der Waals surface area contributed by atoms with Gasteiger partial charge in [0, 0.05) is 21.0 Å². The largest absolute Gasteiger partial charge is 0.376 e. The molecule has 0 amide bonds. The molecule has 104 valence electrons. The van der Waals surface area contributed by atoms with Crippen LogP contribution in [0.3, 0.4) is 0 Å². The quantitative estimate of drug-likeness (QED) is 0.734. The van der Waals surface area contributed by atoms with Gasteiger partial charge in [-0.05, 0) is 30.5 Å². The zero-order valence-electron chi connectivity index (χ0n) is 11.1. The van der Waals surface area contributed by atoms with E-state index in [0.29, 0.717) is 16.7 Å². The van der Waals surface area contributed by atoms with Crippen molar-refractivity contribution in [2.45, 2.75) is 24.9 Å². The van der Waals surface area contributed by atoms with Crippen LogP contribution in [0.4, 0.5) is 0 Å². The highest BCUT2D eigenvalue weighted by molar-refractivity contribution is 6.35. The van der Waals surface area contributed by atoms with Gasteiger partial charge in [0.25, 0.3) is 0 Å². The van der Waals surface area contributed by atoms with Crippen LogP contribution in [0.2, 0.25) is 10.0 Å². The second kappa shape index (κ2) is 5.77. The number of hydrogen-bond acceptors (Lipinski definition) is 1. The molecule has 0 N–H and O–H groups in total. The highest BCUT2D eigenvalue weighted by Gasteiger charge is 2.44. The number of ether oxygens (including phenoxy) is 1. The van der Waals surface area contributed by atoms with Crippen LogP contribution in [-0.2, 0) is 16.8 Å². The molecule has 20 heavy (non-hydrogen) atoms. The number of hydrogen-bond donors (Lipinski definition) is 0. The van der Waals surface area contributed by atoms with E-state index in [1.165, 1.54) is 18.4 Å². The van der Waals surface area contributed by atoms with Gasteiger partial charge in [0.2, 0.25) is 0 Å². The zero-order valence-corrected chi connectivity index (χ0v) is 12.6. The van der Waals surface area contributed by atoms with E-state index >= 15 is 0 Å². The van der Waals surface area contributed by atoms with Gasteiger partial charge in [-0.15, -0.1) is 0 Å². The summed E-state index contributed by atoms with van der Waals surface area (Å²) >= 11 is 12.3. The highest BCUT2D eigenvalue weighted by atomic mass is 35.5. The molecule has 1 saturated carbocycles. The summed E-state index contributed by atoms with van der Waals surface area (Å²) in [5.41, 5.74) is 2.44. The molecule has 3 rings (SSSR count). The minimum Gasteiger partial charge on any atom is -0.376 e. The maximum absolute atomic E-state index is 6.15. The molecule has 0 heterocycles. The molecule has 1 fully saturated rings. The average Bonchev–Trinajstić information content (AvgIpc) is 3.24. The topological polar surface area (TPSA) is 9.23 Å². The van der Waals surface area contributed by atoms with E-state index in [0.717, 1.165) is 12.2 Å². The Bertz CT molecular complexity index is 571. The molecule has 1 nitrogen and oxygen atoms in total. The number of halogens is 2. The predicted molar refractivity (Wildman–Crippen MR) is 83.5 cm³/mol. The first-order chi connectivity index (χ1) is 9.71. The molecular formula is C17H16Cl2O. The van der Waals surface area contributed by atoms with Crippen LogP contribution in [0.1, 0.15) is 24.0 Å². The monoisotopic (exact) mass is 306 g/mol. The summed E-state index contributed by atoms with van der Waals surface area (Å²) in [6.07, 6.45) is 2.38. The van der Waals surface area contributed by atoms with E-state index in [-0.39, 0.29) is 5.41 Å². The summed E-state index contributed by atoms with van der Waals surface area (Å²) in [4.78, 5) is 0. The summed E-state index contributed by atoms with van der Waals surface area (Å²) < 4.78 is 5.89. The van der Waals surface area contributed by atoms with Gasteiger partial charge in [-0.2, -0.15) is 0 Å². The first-order valence-corrected chi connectivity index (χ1v) is 7.53. The van der Waals surface area contributed by atoms with Gasteiger partial charge in [0.1, 0.15) is 0 Å². The zero-order chi connectivity index (χ0) is 14.0. The molecule has 3 heteroatoms. The van der Waals surface area contributed by atoms with Crippen LogP contribution in [0.5, 0.6) is 0 Å². The van der Waals surface area contributed by atoms with Gasteiger partial charge in [0.05, 0.1) is 13.2 Å².